The minimum Gasteiger partial charge on any atom is -0.481 e. The largest absolute Gasteiger partial charge is 0.481 e. The number of benzene rings is 1. The number of carbonyl (C=O) groups excluding carboxylic acids is 1. The first kappa shape index (κ1) is 17.5. The lowest BCUT2D eigenvalue weighted by atomic mass is 9.87. The molecule has 0 aliphatic rings. The normalized spacial score (nSPS) is 12.8. The quantitative estimate of drug-likeness (QED) is 0.847. The molecule has 1 atom stereocenters. The van der Waals surface area contributed by atoms with Gasteiger partial charge in [0.25, 0.3) is 0 Å². The van der Waals surface area contributed by atoms with Crippen LogP contribution in [0.15, 0.2) is 24.3 Å². The van der Waals surface area contributed by atoms with Crippen LogP contribution in [0.1, 0.15) is 39.2 Å². The zero-order chi connectivity index (χ0) is 16.0. The molecule has 0 saturated carbocycles. The average Bonchev–Trinajstić information content (AvgIpc) is 2.24. The van der Waals surface area contributed by atoms with Crippen molar-refractivity contribution in [3.63, 3.8) is 0 Å². The van der Waals surface area contributed by atoms with E-state index in [2.05, 4.69) is 5.32 Å². The van der Waals surface area contributed by atoms with E-state index in [1.807, 2.05) is 26.8 Å². The molecule has 0 aliphatic heterocycles. The van der Waals surface area contributed by atoms with E-state index >= 15 is 0 Å². The summed E-state index contributed by atoms with van der Waals surface area (Å²) in [6.45, 7) is 6.06. The lowest BCUT2D eigenvalue weighted by Crippen LogP contribution is -2.39. The molecule has 4 nitrogen and oxygen atoms in total. The highest BCUT2D eigenvalue weighted by atomic mass is 35.5. The summed E-state index contributed by atoms with van der Waals surface area (Å²) in [5, 5.41) is 12.3. The minimum absolute atomic E-state index is 0.0521. The fraction of sp³-hybridized carbons (Fsp3) is 0.500. The number of rotatable bonds is 6. The van der Waals surface area contributed by atoms with E-state index in [1.54, 1.807) is 18.2 Å². The Hall–Kier alpha value is -1.55. The Labute approximate surface area is 130 Å². The van der Waals surface area contributed by atoms with Gasteiger partial charge in [0.05, 0.1) is 12.8 Å². The van der Waals surface area contributed by atoms with Gasteiger partial charge in [-0.1, -0.05) is 44.5 Å². The van der Waals surface area contributed by atoms with Crippen molar-refractivity contribution in [1.29, 1.82) is 0 Å². The van der Waals surface area contributed by atoms with Crippen molar-refractivity contribution < 1.29 is 14.7 Å². The highest BCUT2D eigenvalue weighted by Gasteiger charge is 2.22. The Bertz CT molecular complexity index is 508. The van der Waals surface area contributed by atoms with E-state index in [9.17, 15) is 9.59 Å². The molecule has 1 amide bonds. The second-order valence-corrected chi connectivity index (χ2v) is 6.87. The van der Waals surface area contributed by atoms with E-state index in [4.69, 9.17) is 16.7 Å². The van der Waals surface area contributed by atoms with Crippen LogP contribution in [-0.4, -0.2) is 23.0 Å². The van der Waals surface area contributed by atoms with Crippen molar-refractivity contribution in [1.82, 2.24) is 5.32 Å². The first-order valence-electron chi connectivity index (χ1n) is 6.91. The fourth-order valence-electron chi connectivity index (χ4n) is 2.24. The van der Waals surface area contributed by atoms with Gasteiger partial charge in [-0.25, -0.2) is 0 Å². The molecule has 0 spiro atoms. The minimum atomic E-state index is -0.910. The van der Waals surface area contributed by atoms with E-state index in [-0.39, 0.29) is 30.2 Å². The SMILES string of the molecule is CC(C)(C)CC(CC(=O)O)NC(=O)Cc1cccc(Cl)c1. The molecule has 1 unspecified atom stereocenters. The third-order valence-corrected chi connectivity index (χ3v) is 3.13. The number of carboxylic acids is 1. The number of halogens is 1. The molecule has 0 radical (unpaired) electrons. The summed E-state index contributed by atoms with van der Waals surface area (Å²) in [4.78, 5) is 23.0. The standard InChI is InChI=1S/C16H22ClNO3/c1-16(2,3)10-13(9-15(20)21)18-14(19)8-11-5-4-6-12(17)7-11/h4-7,13H,8-10H2,1-3H3,(H,18,19)(H,20,21). The van der Waals surface area contributed by atoms with E-state index in [0.29, 0.717) is 11.4 Å². The summed E-state index contributed by atoms with van der Waals surface area (Å²) in [5.41, 5.74) is 0.758. The van der Waals surface area contributed by atoms with E-state index < -0.39 is 5.97 Å². The van der Waals surface area contributed by atoms with Gasteiger partial charge in [-0.2, -0.15) is 0 Å². The van der Waals surface area contributed by atoms with Crippen LogP contribution in [-0.2, 0) is 16.0 Å². The molecule has 21 heavy (non-hydrogen) atoms. The number of nitrogens with one attached hydrogen (secondary N) is 1. The molecule has 2 N–H and O–H groups in total. The zero-order valence-electron chi connectivity index (χ0n) is 12.6. The van der Waals surface area contributed by atoms with Crippen molar-refractivity contribution in [3.8, 4) is 0 Å². The molecule has 116 valence electrons. The molecule has 1 aromatic rings. The average molecular weight is 312 g/mol. The summed E-state index contributed by atoms with van der Waals surface area (Å²) < 4.78 is 0. The molecule has 0 heterocycles. The first-order chi connectivity index (χ1) is 9.65. The predicted octanol–water partition coefficient (Wildman–Crippen LogP) is 3.28. The van der Waals surface area contributed by atoms with Gasteiger partial charge in [0.2, 0.25) is 5.91 Å². The van der Waals surface area contributed by atoms with Crippen molar-refractivity contribution in [2.75, 3.05) is 0 Å². The molecular weight excluding hydrogens is 290 g/mol. The topological polar surface area (TPSA) is 66.4 Å². The lowest BCUT2D eigenvalue weighted by Gasteiger charge is -2.25. The number of carboxylic acid groups (broad SMARTS) is 1. The van der Waals surface area contributed by atoms with Gasteiger partial charge in [-0.15, -0.1) is 0 Å². The van der Waals surface area contributed by atoms with Crippen molar-refractivity contribution in [2.24, 2.45) is 5.41 Å². The summed E-state index contributed by atoms with van der Waals surface area (Å²) >= 11 is 5.88. The fourth-order valence-corrected chi connectivity index (χ4v) is 2.45. The Kier molecular flexibility index (Phi) is 6.21. The van der Waals surface area contributed by atoms with Gasteiger partial charge < -0.3 is 10.4 Å². The summed E-state index contributed by atoms with van der Waals surface area (Å²) in [6, 6.07) is 6.72. The number of amides is 1. The molecule has 0 fully saturated rings. The van der Waals surface area contributed by atoms with Crippen LogP contribution >= 0.6 is 11.6 Å². The molecular formula is C16H22ClNO3. The van der Waals surface area contributed by atoms with Crippen LogP contribution in [0, 0.1) is 5.41 Å². The number of aliphatic carboxylic acids is 1. The molecule has 1 aromatic carbocycles. The maximum Gasteiger partial charge on any atom is 0.305 e. The summed E-state index contributed by atoms with van der Waals surface area (Å²) in [7, 11) is 0. The molecule has 0 aromatic heterocycles. The monoisotopic (exact) mass is 311 g/mol. The molecule has 0 aliphatic carbocycles. The maximum absolute atomic E-state index is 12.1. The molecule has 5 heteroatoms. The Morgan fingerprint density at radius 2 is 2.00 bits per heavy atom. The van der Waals surface area contributed by atoms with Crippen molar-refractivity contribution >= 4 is 23.5 Å². The second kappa shape index (κ2) is 7.46. The van der Waals surface area contributed by atoms with Gasteiger partial charge in [0.15, 0.2) is 0 Å². The smallest absolute Gasteiger partial charge is 0.305 e. The van der Waals surface area contributed by atoms with Gasteiger partial charge in [-0.3, -0.25) is 9.59 Å². The Morgan fingerprint density at radius 3 is 2.52 bits per heavy atom. The molecule has 0 saturated heterocycles. The van der Waals surface area contributed by atoms with E-state index in [0.717, 1.165) is 5.56 Å². The van der Waals surface area contributed by atoms with Crippen LogP contribution in [0.4, 0.5) is 0 Å². The van der Waals surface area contributed by atoms with Crippen LogP contribution in [0.3, 0.4) is 0 Å². The predicted molar refractivity (Wildman–Crippen MR) is 83.4 cm³/mol. The lowest BCUT2D eigenvalue weighted by molar-refractivity contribution is -0.137. The summed E-state index contributed by atoms with van der Waals surface area (Å²) in [5.74, 6) is -1.10. The third kappa shape index (κ3) is 7.71. The van der Waals surface area contributed by atoms with Crippen LogP contribution in [0.25, 0.3) is 0 Å². The Balaban J connectivity index is 2.65. The van der Waals surface area contributed by atoms with Gasteiger partial charge >= 0.3 is 5.97 Å². The Morgan fingerprint density at radius 1 is 1.33 bits per heavy atom. The van der Waals surface area contributed by atoms with Crippen LogP contribution < -0.4 is 5.32 Å². The third-order valence-electron chi connectivity index (χ3n) is 2.90. The number of hydrogen-bond donors (Lipinski definition) is 2. The molecule has 0 bridgehead atoms. The van der Waals surface area contributed by atoms with Crippen molar-refractivity contribution in [3.05, 3.63) is 34.9 Å². The maximum atomic E-state index is 12.1. The highest BCUT2D eigenvalue weighted by Crippen LogP contribution is 2.22. The van der Waals surface area contributed by atoms with Crippen LogP contribution in [0.2, 0.25) is 5.02 Å². The number of carbonyl (C=O) groups is 2. The zero-order valence-corrected chi connectivity index (χ0v) is 13.4. The van der Waals surface area contributed by atoms with E-state index in [1.165, 1.54) is 0 Å². The highest BCUT2D eigenvalue weighted by molar-refractivity contribution is 6.30. The summed E-state index contributed by atoms with van der Waals surface area (Å²) in [6.07, 6.45) is 0.736. The van der Waals surface area contributed by atoms with Crippen molar-refractivity contribution in [2.45, 2.75) is 46.1 Å². The second-order valence-electron chi connectivity index (χ2n) is 6.43. The molecule has 1 rings (SSSR count). The van der Waals surface area contributed by atoms with Gasteiger partial charge in [0, 0.05) is 11.1 Å². The van der Waals surface area contributed by atoms with Gasteiger partial charge in [0.1, 0.15) is 0 Å². The number of hydrogen-bond acceptors (Lipinski definition) is 2. The van der Waals surface area contributed by atoms with Crippen LogP contribution in [0.5, 0.6) is 0 Å². The first-order valence-corrected chi connectivity index (χ1v) is 7.29. The van der Waals surface area contributed by atoms with Gasteiger partial charge in [-0.05, 0) is 29.5 Å².